The fourth-order valence-electron chi connectivity index (χ4n) is 0.176. The van der Waals surface area contributed by atoms with E-state index in [-0.39, 0.29) is 0 Å². The third kappa shape index (κ3) is 6.44. The maximum atomic E-state index is 7.79. The average molecular weight is 136 g/mol. The highest BCUT2D eigenvalue weighted by Crippen LogP contribution is 1.74. The zero-order valence-electron chi connectivity index (χ0n) is 5.74. The van der Waals surface area contributed by atoms with Gasteiger partial charge >= 0.3 is 0 Å². The van der Waals surface area contributed by atoms with Crippen LogP contribution in [-0.4, -0.2) is 4.98 Å². The molecule has 1 heterocycles. The summed E-state index contributed by atoms with van der Waals surface area (Å²) < 4.78 is 4.47. The first kappa shape index (κ1) is 8.44. The van der Waals surface area contributed by atoms with E-state index in [4.69, 9.17) is 5.26 Å². The first-order valence-corrected chi connectivity index (χ1v) is 2.65. The number of hydrogen-bond acceptors (Lipinski definition) is 3. The molecule has 0 fully saturated rings. The summed E-state index contributed by atoms with van der Waals surface area (Å²) in [4.78, 5) is 3.56. The van der Waals surface area contributed by atoms with Gasteiger partial charge in [0.2, 0.25) is 0 Å². The van der Waals surface area contributed by atoms with Gasteiger partial charge in [-0.25, -0.2) is 4.98 Å². The quantitative estimate of drug-likeness (QED) is 0.510. The van der Waals surface area contributed by atoms with Gasteiger partial charge in [-0.15, -0.1) is 0 Å². The SMILES string of the molecule is C=C(C)C#N.c1cocn1. The molecule has 0 unspecified atom stereocenters. The number of hydrogen-bond donors (Lipinski definition) is 0. The van der Waals surface area contributed by atoms with Crippen LogP contribution in [-0.2, 0) is 0 Å². The number of nitrogens with zero attached hydrogens (tertiary/aromatic N) is 2. The molecule has 0 aromatic carbocycles. The van der Waals surface area contributed by atoms with Gasteiger partial charge in [-0.3, -0.25) is 0 Å². The zero-order chi connectivity index (χ0) is 7.82. The van der Waals surface area contributed by atoms with Crippen LogP contribution >= 0.6 is 0 Å². The molecule has 0 N–H and O–H groups in total. The number of nitriles is 1. The molecule has 0 bridgehead atoms. The monoisotopic (exact) mass is 136 g/mol. The van der Waals surface area contributed by atoms with Gasteiger partial charge in [0, 0.05) is 5.57 Å². The van der Waals surface area contributed by atoms with Crippen molar-refractivity contribution in [1.82, 2.24) is 4.98 Å². The average Bonchev–Trinajstić information content (AvgIpc) is 2.43. The largest absolute Gasteiger partial charge is 0.452 e. The van der Waals surface area contributed by atoms with E-state index in [1.165, 1.54) is 12.7 Å². The predicted octanol–water partition coefficient (Wildman–Crippen LogP) is 1.76. The zero-order valence-corrected chi connectivity index (χ0v) is 5.74. The van der Waals surface area contributed by atoms with Crippen molar-refractivity contribution < 1.29 is 4.42 Å². The van der Waals surface area contributed by atoms with Crippen molar-refractivity contribution in [2.45, 2.75) is 6.92 Å². The summed E-state index contributed by atoms with van der Waals surface area (Å²) in [5.41, 5.74) is 0.560. The maximum Gasteiger partial charge on any atom is 0.180 e. The molecule has 0 saturated carbocycles. The van der Waals surface area contributed by atoms with Crippen LogP contribution in [0.25, 0.3) is 0 Å². The molecule has 52 valence electrons. The second-order valence-corrected chi connectivity index (χ2v) is 1.57. The molecule has 1 aromatic rings. The molecular formula is C7H8N2O. The number of rotatable bonds is 0. The van der Waals surface area contributed by atoms with Crippen LogP contribution in [0.5, 0.6) is 0 Å². The van der Waals surface area contributed by atoms with E-state index in [9.17, 15) is 0 Å². The summed E-state index contributed by atoms with van der Waals surface area (Å²) in [6, 6.07) is 1.83. The minimum absolute atomic E-state index is 0.560. The molecule has 10 heavy (non-hydrogen) atoms. The topological polar surface area (TPSA) is 49.8 Å². The first-order chi connectivity index (χ1) is 4.77. The van der Waals surface area contributed by atoms with E-state index in [1.54, 1.807) is 13.1 Å². The summed E-state index contributed by atoms with van der Waals surface area (Å²) in [7, 11) is 0. The Morgan fingerprint density at radius 3 is 2.50 bits per heavy atom. The lowest BCUT2D eigenvalue weighted by Crippen LogP contribution is -1.51. The van der Waals surface area contributed by atoms with Gasteiger partial charge in [0.05, 0.1) is 12.3 Å². The lowest BCUT2D eigenvalue weighted by molar-refractivity contribution is 0.558. The molecule has 3 heteroatoms. The third-order valence-corrected chi connectivity index (χ3v) is 0.538. The fourth-order valence-corrected chi connectivity index (χ4v) is 0.176. The Kier molecular flexibility index (Phi) is 4.70. The highest BCUT2D eigenvalue weighted by Gasteiger charge is 1.64. The summed E-state index contributed by atoms with van der Waals surface area (Å²) in [6.45, 7) is 4.98. The third-order valence-electron chi connectivity index (χ3n) is 0.538. The molecule has 0 saturated heterocycles. The molecule has 3 nitrogen and oxygen atoms in total. The van der Waals surface area contributed by atoms with E-state index >= 15 is 0 Å². The van der Waals surface area contributed by atoms with Crippen LogP contribution in [0.1, 0.15) is 6.92 Å². The smallest absolute Gasteiger partial charge is 0.180 e. The van der Waals surface area contributed by atoms with Crippen molar-refractivity contribution in [3.8, 4) is 6.07 Å². The standard InChI is InChI=1S/C4H5N.C3H3NO/c1-4(2)3-5;1-2-5-3-4-1/h1H2,2H3;1-3H. The van der Waals surface area contributed by atoms with Gasteiger partial charge < -0.3 is 4.42 Å². The minimum atomic E-state index is 0.560. The van der Waals surface area contributed by atoms with Crippen LogP contribution < -0.4 is 0 Å². The first-order valence-electron chi connectivity index (χ1n) is 2.65. The van der Waals surface area contributed by atoms with E-state index in [0.29, 0.717) is 5.57 Å². The van der Waals surface area contributed by atoms with E-state index in [0.717, 1.165) is 0 Å². The van der Waals surface area contributed by atoms with Gasteiger partial charge in [0.25, 0.3) is 0 Å². The second kappa shape index (κ2) is 5.57. The van der Waals surface area contributed by atoms with Crippen molar-refractivity contribution in [2.24, 2.45) is 0 Å². The van der Waals surface area contributed by atoms with Crippen LogP contribution in [0, 0.1) is 11.3 Å². The van der Waals surface area contributed by atoms with Crippen molar-refractivity contribution in [2.75, 3.05) is 0 Å². The number of aromatic nitrogens is 1. The Hall–Kier alpha value is -1.56. The molecule has 0 aliphatic heterocycles. The van der Waals surface area contributed by atoms with Crippen molar-refractivity contribution in [3.05, 3.63) is 31.0 Å². The lowest BCUT2D eigenvalue weighted by atomic mass is 10.4. The van der Waals surface area contributed by atoms with E-state index in [1.807, 2.05) is 6.07 Å². The molecule has 0 aliphatic rings. The minimum Gasteiger partial charge on any atom is -0.452 e. The van der Waals surface area contributed by atoms with Crippen LogP contribution in [0.15, 0.2) is 35.4 Å². The molecule has 0 atom stereocenters. The van der Waals surface area contributed by atoms with Gasteiger partial charge in [0.1, 0.15) is 6.26 Å². The molecule has 0 aliphatic carbocycles. The summed E-state index contributed by atoms with van der Waals surface area (Å²) >= 11 is 0. The highest BCUT2D eigenvalue weighted by atomic mass is 16.3. The molecular weight excluding hydrogens is 128 g/mol. The van der Waals surface area contributed by atoms with E-state index < -0.39 is 0 Å². The molecule has 1 rings (SSSR count). The molecule has 0 radical (unpaired) electrons. The van der Waals surface area contributed by atoms with Gasteiger partial charge in [-0.2, -0.15) is 5.26 Å². The normalized spacial score (nSPS) is 6.80. The molecule has 0 spiro atoms. The Morgan fingerprint density at radius 2 is 2.40 bits per heavy atom. The predicted molar refractivity (Wildman–Crippen MR) is 36.9 cm³/mol. The summed E-state index contributed by atoms with van der Waals surface area (Å²) in [5, 5.41) is 7.79. The van der Waals surface area contributed by atoms with Gasteiger partial charge in [-0.1, -0.05) is 6.58 Å². The highest BCUT2D eigenvalue weighted by molar-refractivity contribution is 5.11. The van der Waals surface area contributed by atoms with Crippen molar-refractivity contribution >= 4 is 0 Å². The van der Waals surface area contributed by atoms with Crippen LogP contribution in [0.3, 0.4) is 0 Å². The Labute approximate surface area is 59.6 Å². The maximum absolute atomic E-state index is 7.79. The second-order valence-electron chi connectivity index (χ2n) is 1.57. The van der Waals surface area contributed by atoms with Gasteiger partial charge in [-0.05, 0) is 6.92 Å². The molecule has 1 aromatic heterocycles. The Morgan fingerprint density at radius 1 is 1.80 bits per heavy atom. The van der Waals surface area contributed by atoms with Gasteiger partial charge in [0.15, 0.2) is 6.39 Å². The van der Waals surface area contributed by atoms with E-state index in [2.05, 4.69) is 16.0 Å². The summed E-state index contributed by atoms with van der Waals surface area (Å²) in [5.74, 6) is 0. The Balaban J connectivity index is 0.000000162. The lowest BCUT2D eigenvalue weighted by Gasteiger charge is -1.61. The van der Waals surface area contributed by atoms with Crippen molar-refractivity contribution in [1.29, 1.82) is 5.26 Å². The van der Waals surface area contributed by atoms with Crippen molar-refractivity contribution in [3.63, 3.8) is 0 Å². The number of allylic oxidation sites excluding steroid dienone is 1. The fraction of sp³-hybridized carbons (Fsp3) is 0.143. The molecule has 0 amide bonds. The Bertz CT molecular complexity index is 191. The van der Waals surface area contributed by atoms with Crippen LogP contribution in [0.2, 0.25) is 0 Å². The van der Waals surface area contributed by atoms with Crippen LogP contribution in [0.4, 0.5) is 0 Å². The summed E-state index contributed by atoms with van der Waals surface area (Å²) in [6.07, 6.45) is 4.47. The number of oxazole rings is 1.